The zero-order valence-corrected chi connectivity index (χ0v) is 9.15. The summed E-state index contributed by atoms with van der Waals surface area (Å²) in [5.74, 6) is 0.199. The summed E-state index contributed by atoms with van der Waals surface area (Å²) in [7, 11) is 0. The summed E-state index contributed by atoms with van der Waals surface area (Å²) >= 11 is 0. The molecule has 0 saturated carbocycles. The molecule has 0 aliphatic rings. The standard InChI is InChI=1S/C12H13NO3/c1-7-3-4-10(15)12-11(7)9(5-13-12)8(2)16-6-14/h3-6,8,13,15H,1-2H3. The maximum atomic E-state index is 10.3. The number of nitrogens with one attached hydrogen (secondary N) is 1. The van der Waals surface area contributed by atoms with Crippen LogP contribution in [0.25, 0.3) is 10.9 Å². The molecule has 4 nitrogen and oxygen atoms in total. The van der Waals surface area contributed by atoms with Crippen LogP contribution in [-0.2, 0) is 9.53 Å². The van der Waals surface area contributed by atoms with Gasteiger partial charge in [-0.1, -0.05) is 6.07 Å². The lowest BCUT2D eigenvalue weighted by molar-refractivity contribution is -0.133. The van der Waals surface area contributed by atoms with Gasteiger partial charge in [0.15, 0.2) is 0 Å². The van der Waals surface area contributed by atoms with Gasteiger partial charge in [0.25, 0.3) is 6.47 Å². The number of carbonyl (C=O) groups excluding carboxylic acids is 1. The van der Waals surface area contributed by atoms with Crippen molar-refractivity contribution in [2.75, 3.05) is 0 Å². The zero-order valence-electron chi connectivity index (χ0n) is 9.15. The van der Waals surface area contributed by atoms with E-state index in [-0.39, 0.29) is 11.9 Å². The normalized spacial score (nSPS) is 12.6. The van der Waals surface area contributed by atoms with Crippen molar-refractivity contribution in [3.8, 4) is 5.75 Å². The monoisotopic (exact) mass is 219 g/mol. The maximum Gasteiger partial charge on any atom is 0.293 e. The first-order chi connectivity index (χ1) is 7.65. The van der Waals surface area contributed by atoms with E-state index >= 15 is 0 Å². The molecular formula is C12H13NO3. The molecule has 1 unspecified atom stereocenters. The second kappa shape index (κ2) is 3.89. The molecule has 0 aliphatic carbocycles. The lowest BCUT2D eigenvalue weighted by atomic mass is 10.0. The third-order valence-corrected chi connectivity index (χ3v) is 2.75. The summed E-state index contributed by atoms with van der Waals surface area (Å²) in [4.78, 5) is 13.3. The van der Waals surface area contributed by atoms with E-state index in [9.17, 15) is 9.90 Å². The van der Waals surface area contributed by atoms with Gasteiger partial charge < -0.3 is 14.8 Å². The topological polar surface area (TPSA) is 62.3 Å². The van der Waals surface area contributed by atoms with Crippen LogP contribution in [0.5, 0.6) is 5.75 Å². The molecule has 2 aromatic rings. The van der Waals surface area contributed by atoms with E-state index in [1.54, 1.807) is 19.2 Å². The summed E-state index contributed by atoms with van der Waals surface area (Å²) < 4.78 is 4.91. The average Bonchev–Trinajstić information content (AvgIpc) is 2.69. The number of phenols is 1. The van der Waals surface area contributed by atoms with Gasteiger partial charge in [-0.15, -0.1) is 0 Å². The molecule has 2 rings (SSSR count). The van der Waals surface area contributed by atoms with E-state index in [0.717, 1.165) is 16.5 Å². The number of fused-ring (bicyclic) bond motifs is 1. The van der Waals surface area contributed by atoms with Crippen LogP contribution in [0.3, 0.4) is 0 Å². The van der Waals surface area contributed by atoms with Crippen molar-refractivity contribution in [2.24, 2.45) is 0 Å². The Morgan fingerprint density at radius 3 is 2.94 bits per heavy atom. The number of aromatic nitrogens is 1. The van der Waals surface area contributed by atoms with Gasteiger partial charge in [0.2, 0.25) is 0 Å². The van der Waals surface area contributed by atoms with Gasteiger partial charge in [0, 0.05) is 17.1 Å². The van der Waals surface area contributed by atoms with E-state index in [0.29, 0.717) is 12.0 Å². The highest BCUT2D eigenvalue weighted by molar-refractivity contribution is 5.91. The predicted octanol–water partition coefficient (Wildman–Crippen LogP) is 2.42. The third kappa shape index (κ3) is 1.52. The number of phenolic OH excluding ortho intramolecular Hbond substituents is 1. The van der Waals surface area contributed by atoms with Gasteiger partial charge in [-0.3, -0.25) is 4.79 Å². The minimum atomic E-state index is -0.327. The molecule has 0 saturated heterocycles. The Morgan fingerprint density at radius 2 is 2.25 bits per heavy atom. The van der Waals surface area contributed by atoms with Crippen molar-refractivity contribution in [1.29, 1.82) is 0 Å². The number of aryl methyl sites for hydroxylation is 1. The Kier molecular flexibility index (Phi) is 2.56. The van der Waals surface area contributed by atoms with Gasteiger partial charge in [-0.05, 0) is 25.5 Å². The molecule has 84 valence electrons. The number of carbonyl (C=O) groups is 1. The molecule has 16 heavy (non-hydrogen) atoms. The van der Waals surface area contributed by atoms with E-state index in [1.165, 1.54) is 0 Å². The summed E-state index contributed by atoms with van der Waals surface area (Å²) in [6, 6.07) is 3.48. The molecular weight excluding hydrogens is 206 g/mol. The Balaban J connectivity index is 2.63. The summed E-state index contributed by atoms with van der Waals surface area (Å²) in [5.41, 5.74) is 2.58. The van der Waals surface area contributed by atoms with E-state index < -0.39 is 0 Å². The van der Waals surface area contributed by atoms with Crippen LogP contribution in [0.4, 0.5) is 0 Å². The van der Waals surface area contributed by atoms with E-state index in [1.807, 2.05) is 13.0 Å². The van der Waals surface area contributed by atoms with Crippen LogP contribution in [0.1, 0.15) is 24.2 Å². The molecule has 0 spiro atoms. The fourth-order valence-corrected chi connectivity index (χ4v) is 1.91. The van der Waals surface area contributed by atoms with Crippen molar-refractivity contribution >= 4 is 17.4 Å². The number of H-pyrrole nitrogens is 1. The van der Waals surface area contributed by atoms with Crippen LogP contribution in [0.15, 0.2) is 18.3 Å². The number of rotatable bonds is 3. The molecule has 0 bridgehead atoms. The summed E-state index contributed by atoms with van der Waals surface area (Å²) in [6.45, 7) is 4.18. The molecule has 1 atom stereocenters. The molecule has 0 fully saturated rings. The fraction of sp³-hybridized carbons (Fsp3) is 0.250. The van der Waals surface area contributed by atoms with Gasteiger partial charge >= 0.3 is 0 Å². The Hall–Kier alpha value is -1.97. The van der Waals surface area contributed by atoms with Gasteiger partial charge in [0.05, 0.1) is 5.52 Å². The second-order valence-corrected chi connectivity index (χ2v) is 3.77. The maximum absolute atomic E-state index is 10.3. The van der Waals surface area contributed by atoms with E-state index in [2.05, 4.69) is 4.98 Å². The molecule has 2 N–H and O–H groups in total. The number of hydrogen-bond donors (Lipinski definition) is 2. The highest BCUT2D eigenvalue weighted by atomic mass is 16.5. The van der Waals surface area contributed by atoms with Crippen molar-refractivity contribution < 1.29 is 14.6 Å². The first kappa shape index (κ1) is 10.5. The summed E-state index contributed by atoms with van der Waals surface area (Å²) in [5, 5.41) is 10.6. The van der Waals surface area contributed by atoms with Crippen molar-refractivity contribution in [3.05, 3.63) is 29.5 Å². The zero-order chi connectivity index (χ0) is 11.7. The number of aromatic hydroxyl groups is 1. The number of hydrogen-bond acceptors (Lipinski definition) is 3. The minimum Gasteiger partial charge on any atom is -0.506 e. The van der Waals surface area contributed by atoms with Crippen molar-refractivity contribution in [2.45, 2.75) is 20.0 Å². The first-order valence-corrected chi connectivity index (χ1v) is 5.03. The van der Waals surface area contributed by atoms with Crippen LogP contribution in [0, 0.1) is 6.92 Å². The first-order valence-electron chi connectivity index (χ1n) is 5.03. The smallest absolute Gasteiger partial charge is 0.293 e. The highest BCUT2D eigenvalue weighted by Gasteiger charge is 2.15. The molecule has 1 aromatic carbocycles. The van der Waals surface area contributed by atoms with Crippen molar-refractivity contribution in [1.82, 2.24) is 4.98 Å². The quantitative estimate of drug-likeness (QED) is 0.779. The van der Waals surface area contributed by atoms with Crippen LogP contribution in [0.2, 0.25) is 0 Å². The summed E-state index contributed by atoms with van der Waals surface area (Å²) in [6.07, 6.45) is 1.43. The van der Waals surface area contributed by atoms with Crippen LogP contribution in [-0.4, -0.2) is 16.6 Å². The molecule has 1 aromatic heterocycles. The fourth-order valence-electron chi connectivity index (χ4n) is 1.91. The lowest BCUT2D eigenvalue weighted by Gasteiger charge is -2.09. The van der Waals surface area contributed by atoms with Gasteiger partial charge in [-0.25, -0.2) is 0 Å². The van der Waals surface area contributed by atoms with Crippen LogP contribution < -0.4 is 0 Å². The number of ether oxygens (including phenoxy) is 1. The van der Waals surface area contributed by atoms with Gasteiger partial charge in [0.1, 0.15) is 11.9 Å². The minimum absolute atomic E-state index is 0.199. The predicted molar refractivity (Wildman–Crippen MR) is 60.3 cm³/mol. The molecule has 0 radical (unpaired) electrons. The highest BCUT2D eigenvalue weighted by Crippen LogP contribution is 2.33. The van der Waals surface area contributed by atoms with Crippen LogP contribution >= 0.6 is 0 Å². The van der Waals surface area contributed by atoms with E-state index in [4.69, 9.17) is 4.74 Å². The lowest BCUT2D eigenvalue weighted by Crippen LogP contribution is -1.97. The SMILES string of the molecule is Cc1ccc(O)c2[nH]cc(C(C)OC=O)c12. The largest absolute Gasteiger partial charge is 0.506 e. The Bertz CT molecular complexity index is 530. The third-order valence-electron chi connectivity index (χ3n) is 2.75. The molecule has 4 heteroatoms. The Morgan fingerprint density at radius 1 is 1.50 bits per heavy atom. The number of benzene rings is 1. The molecule has 0 amide bonds. The molecule has 0 aliphatic heterocycles. The Labute approximate surface area is 92.9 Å². The molecule has 1 heterocycles. The van der Waals surface area contributed by atoms with Crippen molar-refractivity contribution in [3.63, 3.8) is 0 Å². The second-order valence-electron chi connectivity index (χ2n) is 3.77. The number of aromatic amines is 1. The average molecular weight is 219 g/mol. The van der Waals surface area contributed by atoms with Gasteiger partial charge in [-0.2, -0.15) is 0 Å².